The number of fused-ring (bicyclic) bond motifs is 3. The molecule has 0 spiro atoms. The second-order valence-corrected chi connectivity index (χ2v) is 4.99. The Balaban J connectivity index is 2.30. The van der Waals surface area contributed by atoms with Crippen molar-refractivity contribution in [2.24, 2.45) is 0 Å². The quantitative estimate of drug-likeness (QED) is 0.669. The summed E-state index contributed by atoms with van der Waals surface area (Å²) in [5.41, 5.74) is 4.81. The third-order valence-electron chi connectivity index (χ3n) is 3.16. The molecule has 78 valence electrons. The largest absolute Gasteiger partial charge is 0.192 e. The maximum Gasteiger partial charge on any atom is 0.0994 e. The van der Waals surface area contributed by atoms with Gasteiger partial charge in [-0.05, 0) is 53.5 Å². The minimum Gasteiger partial charge on any atom is -0.192 e. The van der Waals surface area contributed by atoms with Crippen LogP contribution in [0.1, 0.15) is 23.1 Å². The van der Waals surface area contributed by atoms with Gasteiger partial charge in [0.15, 0.2) is 0 Å². The Kier molecular flexibility index (Phi) is 2.27. The van der Waals surface area contributed by atoms with Gasteiger partial charge in [0.05, 0.1) is 11.6 Å². The van der Waals surface area contributed by atoms with E-state index in [-0.39, 0.29) is 0 Å². The minimum atomic E-state index is 0.846. The monoisotopic (exact) mass is 225 g/mol. The van der Waals surface area contributed by atoms with Crippen molar-refractivity contribution in [3.63, 3.8) is 0 Å². The van der Waals surface area contributed by atoms with E-state index < -0.39 is 0 Å². The minimum absolute atomic E-state index is 0.846. The van der Waals surface area contributed by atoms with E-state index in [0.29, 0.717) is 0 Å². The van der Waals surface area contributed by atoms with Gasteiger partial charge in [-0.25, -0.2) is 0 Å². The summed E-state index contributed by atoms with van der Waals surface area (Å²) in [7, 11) is 0. The second-order valence-electron chi connectivity index (χ2n) is 4.07. The predicted octanol–water partition coefficient (Wildman–Crippen LogP) is 3.78. The average molecular weight is 225 g/mol. The van der Waals surface area contributed by atoms with Gasteiger partial charge in [0.1, 0.15) is 0 Å². The Hall–Kier alpha value is -1.59. The van der Waals surface area contributed by atoms with Crippen LogP contribution in [0, 0.1) is 11.3 Å². The van der Waals surface area contributed by atoms with E-state index in [2.05, 4.69) is 23.6 Å². The Morgan fingerprint density at radius 1 is 1.19 bits per heavy atom. The van der Waals surface area contributed by atoms with Crippen LogP contribution in [0.2, 0.25) is 0 Å². The highest BCUT2D eigenvalue weighted by molar-refractivity contribution is 7.13. The Morgan fingerprint density at radius 3 is 3.00 bits per heavy atom. The molecule has 0 unspecified atom stereocenters. The SMILES string of the molecule is N#Cc1cccc2c1CCCc1ccsc1-2. The van der Waals surface area contributed by atoms with Gasteiger partial charge in [-0.2, -0.15) is 5.26 Å². The number of benzene rings is 1. The lowest BCUT2D eigenvalue weighted by molar-refractivity contribution is 0.834. The summed E-state index contributed by atoms with van der Waals surface area (Å²) < 4.78 is 0. The van der Waals surface area contributed by atoms with Crippen molar-refractivity contribution in [3.8, 4) is 16.5 Å². The van der Waals surface area contributed by atoms with Crippen molar-refractivity contribution >= 4 is 11.3 Å². The standard InChI is InChI=1S/C14H11NS/c15-9-11-4-2-6-13-12(11)5-1-3-10-7-8-16-14(10)13/h2,4,6-8H,1,3,5H2. The lowest BCUT2D eigenvalue weighted by atomic mass is 9.98. The zero-order chi connectivity index (χ0) is 11.0. The third-order valence-corrected chi connectivity index (χ3v) is 4.15. The molecular weight excluding hydrogens is 214 g/mol. The van der Waals surface area contributed by atoms with Crippen LogP contribution in [0.4, 0.5) is 0 Å². The smallest absolute Gasteiger partial charge is 0.0994 e. The highest BCUT2D eigenvalue weighted by Crippen LogP contribution is 2.37. The van der Waals surface area contributed by atoms with E-state index in [9.17, 15) is 0 Å². The predicted molar refractivity (Wildman–Crippen MR) is 66.5 cm³/mol. The molecule has 0 radical (unpaired) electrons. The summed E-state index contributed by atoms with van der Waals surface area (Å²) >= 11 is 1.79. The zero-order valence-electron chi connectivity index (χ0n) is 8.86. The van der Waals surface area contributed by atoms with Crippen molar-refractivity contribution in [1.29, 1.82) is 5.26 Å². The number of hydrogen-bond acceptors (Lipinski definition) is 2. The third kappa shape index (κ3) is 1.36. The van der Waals surface area contributed by atoms with Crippen LogP contribution in [0.5, 0.6) is 0 Å². The molecule has 0 aliphatic heterocycles. The maximum atomic E-state index is 9.14. The molecule has 1 aromatic carbocycles. The van der Waals surface area contributed by atoms with E-state index in [1.165, 1.54) is 21.6 Å². The number of thiophene rings is 1. The topological polar surface area (TPSA) is 23.8 Å². The van der Waals surface area contributed by atoms with Crippen LogP contribution in [0.25, 0.3) is 10.4 Å². The van der Waals surface area contributed by atoms with Gasteiger partial charge >= 0.3 is 0 Å². The van der Waals surface area contributed by atoms with Crippen molar-refractivity contribution < 1.29 is 0 Å². The molecular formula is C14H11NS. The van der Waals surface area contributed by atoms with Gasteiger partial charge in [0.2, 0.25) is 0 Å². The van der Waals surface area contributed by atoms with Crippen molar-refractivity contribution in [2.45, 2.75) is 19.3 Å². The van der Waals surface area contributed by atoms with Gasteiger partial charge in [-0.3, -0.25) is 0 Å². The van der Waals surface area contributed by atoms with Crippen LogP contribution in [-0.4, -0.2) is 0 Å². The summed E-state index contributed by atoms with van der Waals surface area (Å²) in [5, 5.41) is 11.3. The van der Waals surface area contributed by atoms with Gasteiger partial charge < -0.3 is 0 Å². The first-order valence-electron chi connectivity index (χ1n) is 5.49. The number of nitrogens with zero attached hydrogens (tertiary/aromatic N) is 1. The van der Waals surface area contributed by atoms with Crippen LogP contribution in [0.3, 0.4) is 0 Å². The first-order chi connectivity index (χ1) is 7.90. The number of nitriles is 1. The molecule has 16 heavy (non-hydrogen) atoms. The van der Waals surface area contributed by atoms with Crippen LogP contribution < -0.4 is 0 Å². The van der Waals surface area contributed by atoms with Gasteiger partial charge in [0, 0.05) is 4.88 Å². The van der Waals surface area contributed by atoms with Gasteiger partial charge in [-0.15, -0.1) is 11.3 Å². The molecule has 0 bridgehead atoms. The molecule has 0 N–H and O–H groups in total. The fraction of sp³-hybridized carbons (Fsp3) is 0.214. The average Bonchev–Trinajstić information content (AvgIpc) is 2.71. The summed E-state index contributed by atoms with van der Waals surface area (Å²) in [5.74, 6) is 0. The summed E-state index contributed by atoms with van der Waals surface area (Å²) in [6.45, 7) is 0. The Morgan fingerprint density at radius 2 is 2.12 bits per heavy atom. The van der Waals surface area contributed by atoms with Crippen molar-refractivity contribution in [3.05, 3.63) is 46.3 Å². The molecule has 1 heterocycles. The summed E-state index contributed by atoms with van der Waals surface area (Å²) in [4.78, 5) is 1.37. The molecule has 1 aliphatic rings. The molecule has 0 saturated heterocycles. The molecule has 1 aliphatic carbocycles. The summed E-state index contributed by atoms with van der Waals surface area (Å²) in [6.07, 6.45) is 3.31. The van der Waals surface area contributed by atoms with Crippen molar-refractivity contribution in [2.75, 3.05) is 0 Å². The highest BCUT2D eigenvalue weighted by Gasteiger charge is 2.17. The van der Waals surface area contributed by atoms with Gasteiger partial charge in [-0.1, -0.05) is 12.1 Å². The summed E-state index contributed by atoms with van der Waals surface area (Å²) in [6, 6.07) is 10.6. The first kappa shape index (κ1) is 9.62. The lowest BCUT2D eigenvalue weighted by Crippen LogP contribution is -1.91. The van der Waals surface area contributed by atoms with E-state index >= 15 is 0 Å². The van der Waals surface area contributed by atoms with Gasteiger partial charge in [0.25, 0.3) is 0 Å². The molecule has 0 atom stereocenters. The molecule has 1 nitrogen and oxygen atoms in total. The second kappa shape index (κ2) is 3.77. The molecule has 1 aromatic heterocycles. The molecule has 0 amide bonds. The molecule has 2 aromatic rings. The molecule has 3 rings (SSSR count). The van der Waals surface area contributed by atoms with Crippen molar-refractivity contribution in [1.82, 2.24) is 0 Å². The molecule has 0 fully saturated rings. The van der Waals surface area contributed by atoms with E-state index in [4.69, 9.17) is 5.26 Å². The fourth-order valence-electron chi connectivity index (χ4n) is 2.40. The first-order valence-corrected chi connectivity index (χ1v) is 6.37. The van der Waals surface area contributed by atoms with E-state index in [1.807, 2.05) is 12.1 Å². The molecule has 2 heteroatoms. The zero-order valence-corrected chi connectivity index (χ0v) is 9.68. The highest BCUT2D eigenvalue weighted by atomic mass is 32.1. The van der Waals surface area contributed by atoms with Crippen LogP contribution >= 0.6 is 11.3 Å². The number of rotatable bonds is 0. The van der Waals surface area contributed by atoms with Crippen LogP contribution in [-0.2, 0) is 12.8 Å². The Bertz CT molecular complexity index is 575. The molecule has 0 saturated carbocycles. The Labute approximate surface area is 99.0 Å². The number of hydrogen-bond donors (Lipinski definition) is 0. The van der Waals surface area contributed by atoms with E-state index in [0.717, 1.165) is 24.8 Å². The maximum absolute atomic E-state index is 9.14. The lowest BCUT2D eigenvalue weighted by Gasteiger charge is -2.06. The van der Waals surface area contributed by atoms with E-state index in [1.54, 1.807) is 11.3 Å². The van der Waals surface area contributed by atoms with Crippen LogP contribution in [0.15, 0.2) is 29.6 Å². The normalized spacial score (nSPS) is 13.4. The fourth-order valence-corrected chi connectivity index (χ4v) is 3.41. The number of aryl methyl sites for hydroxylation is 1.